The summed E-state index contributed by atoms with van der Waals surface area (Å²) >= 11 is 0. The SMILES string of the molecule is C[C@@H](O)CNC(=O)c1cc(-c2ccc(F)cc2)n[nH]1. The second-order valence-electron chi connectivity index (χ2n) is 4.23. The lowest BCUT2D eigenvalue weighted by Gasteiger charge is -2.04. The van der Waals surface area contributed by atoms with E-state index in [2.05, 4.69) is 15.5 Å². The predicted octanol–water partition coefficient (Wildman–Crippen LogP) is 1.33. The minimum Gasteiger partial charge on any atom is -0.392 e. The molecule has 0 saturated carbocycles. The molecule has 1 aromatic carbocycles. The molecule has 1 heterocycles. The number of nitrogens with zero attached hydrogens (tertiary/aromatic N) is 1. The number of nitrogens with one attached hydrogen (secondary N) is 2. The number of rotatable bonds is 4. The standard InChI is InChI=1S/C13H14FN3O2/c1-8(18)7-15-13(19)12-6-11(16-17-12)9-2-4-10(14)5-3-9/h2-6,8,18H,7H2,1H3,(H,15,19)(H,16,17)/t8-/m1/s1. The zero-order valence-electron chi connectivity index (χ0n) is 10.4. The van der Waals surface area contributed by atoms with Crippen LogP contribution in [-0.4, -0.2) is 33.9 Å². The molecule has 3 N–H and O–H groups in total. The second-order valence-corrected chi connectivity index (χ2v) is 4.23. The van der Waals surface area contributed by atoms with Crippen LogP contribution in [-0.2, 0) is 0 Å². The van der Waals surface area contributed by atoms with E-state index in [0.29, 0.717) is 17.0 Å². The van der Waals surface area contributed by atoms with Gasteiger partial charge in [-0.1, -0.05) is 0 Å². The molecule has 1 atom stereocenters. The molecular weight excluding hydrogens is 249 g/mol. The summed E-state index contributed by atoms with van der Waals surface area (Å²) in [4.78, 5) is 11.7. The van der Waals surface area contributed by atoms with Crippen LogP contribution in [0.4, 0.5) is 4.39 Å². The molecule has 1 amide bonds. The summed E-state index contributed by atoms with van der Waals surface area (Å²) < 4.78 is 12.8. The zero-order chi connectivity index (χ0) is 13.8. The smallest absolute Gasteiger partial charge is 0.269 e. The summed E-state index contributed by atoms with van der Waals surface area (Å²) in [6.45, 7) is 1.75. The van der Waals surface area contributed by atoms with E-state index in [4.69, 9.17) is 5.11 Å². The summed E-state index contributed by atoms with van der Waals surface area (Å²) in [7, 11) is 0. The third-order valence-electron chi connectivity index (χ3n) is 2.52. The number of H-pyrrole nitrogens is 1. The van der Waals surface area contributed by atoms with Crippen LogP contribution >= 0.6 is 0 Å². The lowest BCUT2D eigenvalue weighted by molar-refractivity contribution is 0.0919. The van der Waals surface area contributed by atoms with Gasteiger partial charge in [0.15, 0.2) is 0 Å². The summed E-state index contributed by atoms with van der Waals surface area (Å²) in [6.07, 6.45) is -0.608. The Morgan fingerprint density at radius 3 is 2.79 bits per heavy atom. The first kappa shape index (κ1) is 13.2. The van der Waals surface area contributed by atoms with Gasteiger partial charge in [0.1, 0.15) is 11.5 Å². The summed E-state index contributed by atoms with van der Waals surface area (Å²) in [5.74, 6) is -0.670. The van der Waals surface area contributed by atoms with Crippen molar-refractivity contribution in [2.75, 3.05) is 6.54 Å². The van der Waals surface area contributed by atoms with Gasteiger partial charge < -0.3 is 10.4 Å². The van der Waals surface area contributed by atoms with Crippen molar-refractivity contribution in [2.24, 2.45) is 0 Å². The van der Waals surface area contributed by atoms with Crippen LogP contribution in [0.5, 0.6) is 0 Å². The number of amides is 1. The Balaban J connectivity index is 2.10. The van der Waals surface area contributed by atoms with Crippen molar-refractivity contribution in [1.29, 1.82) is 0 Å². The van der Waals surface area contributed by atoms with Crippen LogP contribution in [0.2, 0.25) is 0 Å². The maximum Gasteiger partial charge on any atom is 0.269 e. The van der Waals surface area contributed by atoms with E-state index in [1.165, 1.54) is 12.1 Å². The first-order valence-electron chi connectivity index (χ1n) is 5.84. The molecule has 0 unspecified atom stereocenters. The molecule has 6 heteroatoms. The number of aromatic nitrogens is 2. The monoisotopic (exact) mass is 263 g/mol. The van der Waals surface area contributed by atoms with Gasteiger partial charge in [0.25, 0.3) is 5.91 Å². The fraction of sp³-hybridized carbons (Fsp3) is 0.231. The van der Waals surface area contributed by atoms with Gasteiger partial charge >= 0.3 is 0 Å². The molecule has 0 bridgehead atoms. The number of aromatic amines is 1. The Morgan fingerprint density at radius 2 is 2.16 bits per heavy atom. The highest BCUT2D eigenvalue weighted by atomic mass is 19.1. The average molecular weight is 263 g/mol. The first-order valence-corrected chi connectivity index (χ1v) is 5.84. The van der Waals surface area contributed by atoms with Crippen molar-refractivity contribution in [3.8, 4) is 11.3 Å². The van der Waals surface area contributed by atoms with Gasteiger partial charge in [0.05, 0.1) is 11.8 Å². The third-order valence-corrected chi connectivity index (χ3v) is 2.52. The molecule has 0 aliphatic rings. The molecule has 1 aromatic heterocycles. The average Bonchev–Trinajstić information content (AvgIpc) is 2.86. The Kier molecular flexibility index (Phi) is 3.91. The molecule has 5 nitrogen and oxygen atoms in total. The van der Waals surface area contributed by atoms with E-state index in [9.17, 15) is 9.18 Å². The molecule has 2 rings (SSSR count). The van der Waals surface area contributed by atoms with Gasteiger partial charge in [-0.05, 0) is 37.3 Å². The van der Waals surface area contributed by atoms with E-state index in [-0.39, 0.29) is 18.3 Å². The van der Waals surface area contributed by atoms with Crippen molar-refractivity contribution in [2.45, 2.75) is 13.0 Å². The normalized spacial score (nSPS) is 12.2. The van der Waals surface area contributed by atoms with Crippen molar-refractivity contribution in [1.82, 2.24) is 15.5 Å². The fourth-order valence-electron chi connectivity index (χ4n) is 1.54. The maximum atomic E-state index is 12.8. The topological polar surface area (TPSA) is 78.0 Å². The molecule has 0 spiro atoms. The van der Waals surface area contributed by atoms with Crippen LogP contribution in [0.25, 0.3) is 11.3 Å². The van der Waals surface area contributed by atoms with Gasteiger partial charge in [0.2, 0.25) is 0 Å². The number of benzene rings is 1. The molecule has 2 aromatic rings. The van der Waals surface area contributed by atoms with E-state index in [1.807, 2.05) is 0 Å². The van der Waals surface area contributed by atoms with E-state index >= 15 is 0 Å². The lowest BCUT2D eigenvalue weighted by Crippen LogP contribution is -2.30. The number of halogens is 1. The highest BCUT2D eigenvalue weighted by Gasteiger charge is 2.11. The zero-order valence-corrected chi connectivity index (χ0v) is 10.4. The molecule has 100 valence electrons. The van der Waals surface area contributed by atoms with Crippen molar-refractivity contribution in [3.05, 3.63) is 41.8 Å². The van der Waals surface area contributed by atoms with Crippen LogP contribution in [0.3, 0.4) is 0 Å². The summed E-state index contributed by atoms with van der Waals surface area (Å²) in [5, 5.41) is 18.2. The Morgan fingerprint density at radius 1 is 1.47 bits per heavy atom. The van der Waals surface area contributed by atoms with Crippen molar-refractivity contribution >= 4 is 5.91 Å². The molecule has 0 radical (unpaired) electrons. The molecule has 19 heavy (non-hydrogen) atoms. The predicted molar refractivity (Wildman–Crippen MR) is 68.0 cm³/mol. The maximum absolute atomic E-state index is 12.8. The minimum atomic E-state index is -0.608. The summed E-state index contributed by atoms with van der Waals surface area (Å²) in [6, 6.07) is 7.41. The van der Waals surface area contributed by atoms with Crippen LogP contribution in [0.15, 0.2) is 30.3 Å². The number of aliphatic hydroxyl groups is 1. The highest BCUT2D eigenvalue weighted by molar-refractivity contribution is 5.93. The van der Waals surface area contributed by atoms with Gasteiger partial charge in [-0.2, -0.15) is 5.10 Å². The van der Waals surface area contributed by atoms with Crippen LogP contribution in [0.1, 0.15) is 17.4 Å². The number of hydrogen-bond donors (Lipinski definition) is 3. The number of hydrogen-bond acceptors (Lipinski definition) is 3. The van der Waals surface area contributed by atoms with Gasteiger partial charge in [-0.3, -0.25) is 9.89 Å². The number of carbonyl (C=O) groups is 1. The van der Waals surface area contributed by atoms with Crippen molar-refractivity contribution in [3.63, 3.8) is 0 Å². The Hall–Kier alpha value is -2.21. The first-order chi connectivity index (χ1) is 9.06. The largest absolute Gasteiger partial charge is 0.392 e. The van der Waals surface area contributed by atoms with E-state index in [1.54, 1.807) is 25.1 Å². The second kappa shape index (κ2) is 5.62. The minimum absolute atomic E-state index is 0.170. The van der Waals surface area contributed by atoms with Crippen LogP contribution in [0, 0.1) is 5.82 Å². The lowest BCUT2D eigenvalue weighted by atomic mass is 10.1. The molecule has 0 aliphatic heterocycles. The Bertz CT molecular complexity index is 564. The molecular formula is C13H14FN3O2. The van der Waals surface area contributed by atoms with Gasteiger partial charge in [-0.15, -0.1) is 0 Å². The molecule has 0 fully saturated rings. The number of aliphatic hydroxyl groups excluding tert-OH is 1. The van der Waals surface area contributed by atoms with Crippen molar-refractivity contribution < 1.29 is 14.3 Å². The fourth-order valence-corrected chi connectivity index (χ4v) is 1.54. The van der Waals surface area contributed by atoms with E-state index in [0.717, 1.165) is 0 Å². The number of carbonyl (C=O) groups excluding carboxylic acids is 1. The summed E-state index contributed by atoms with van der Waals surface area (Å²) in [5.41, 5.74) is 1.56. The van der Waals surface area contributed by atoms with E-state index < -0.39 is 6.10 Å². The van der Waals surface area contributed by atoms with Gasteiger partial charge in [0, 0.05) is 12.1 Å². The quantitative estimate of drug-likeness (QED) is 0.778. The third kappa shape index (κ3) is 3.38. The molecule has 0 aliphatic carbocycles. The molecule has 0 saturated heterocycles. The van der Waals surface area contributed by atoms with Gasteiger partial charge in [-0.25, -0.2) is 4.39 Å². The Labute approximate surface area is 109 Å². The van der Waals surface area contributed by atoms with Crippen LogP contribution < -0.4 is 5.32 Å². The highest BCUT2D eigenvalue weighted by Crippen LogP contribution is 2.17.